The van der Waals surface area contributed by atoms with Crippen molar-refractivity contribution in [3.05, 3.63) is 71.4 Å². The number of carbonyl (C=O) groups excluding carboxylic acids is 2. The van der Waals surface area contributed by atoms with Crippen LogP contribution in [0.15, 0.2) is 54.7 Å². The van der Waals surface area contributed by atoms with Crippen LogP contribution in [-0.2, 0) is 16.6 Å². The Morgan fingerprint density at radius 3 is 2.31 bits per heavy atom. The van der Waals surface area contributed by atoms with Gasteiger partial charge in [0.25, 0.3) is 0 Å². The number of nitrogens with one attached hydrogen (secondary N) is 1. The fourth-order valence-electron chi connectivity index (χ4n) is 4.33. The van der Waals surface area contributed by atoms with Crippen LogP contribution in [0.2, 0.25) is 0 Å². The number of ketones is 1. The first-order valence-electron chi connectivity index (χ1n) is 11.5. The summed E-state index contributed by atoms with van der Waals surface area (Å²) in [7, 11) is 0. The highest BCUT2D eigenvalue weighted by Crippen LogP contribution is 2.23. The maximum absolute atomic E-state index is 12.8. The molecule has 3 aromatic rings. The minimum absolute atomic E-state index is 0.126. The summed E-state index contributed by atoms with van der Waals surface area (Å²) in [5, 5.41) is 0.974. The molecule has 2 heterocycles. The second-order valence-electron chi connectivity index (χ2n) is 9.77. The topological polar surface area (TPSA) is 56.4 Å². The van der Waals surface area contributed by atoms with E-state index in [2.05, 4.69) is 54.9 Å². The van der Waals surface area contributed by atoms with Crippen molar-refractivity contribution in [1.82, 2.24) is 14.8 Å². The van der Waals surface area contributed by atoms with Crippen LogP contribution < -0.4 is 0 Å². The number of para-hydroxylation sites is 1. The maximum Gasteiger partial charge on any atom is 0.222 e. The monoisotopic (exact) mass is 431 g/mol. The van der Waals surface area contributed by atoms with Crippen LogP contribution in [0.4, 0.5) is 0 Å². The molecule has 1 aliphatic rings. The molecule has 0 atom stereocenters. The molecule has 2 aromatic carbocycles. The molecule has 0 bridgehead atoms. The van der Waals surface area contributed by atoms with Crippen molar-refractivity contribution < 1.29 is 9.59 Å². The van der Waals surface area contributed by atoms with E-state index in [1.54, 1.807) is 6.20 Å². The third-order valence-electron chi connectivity index (χ3n) is 6.43. The third-order valence-corrected chi connectivity index (χ3v) is 6.43. The molecule has 4 rings (SSSR count). The number of aromatic amines is 1. The zero-order valence-corrected chi connectivity index (χ0v) is 19.4. The average molecular weight is 432 g/mol. The number of piperazine rings is 1. The Kier molecular flexibility index (Phi) is 6.47. The highest BCUT2D eigenvalue weighted by Gasteiger charge is 2.23. The fraction of sp³-hybridized carbons (Fsp3) is 0.407. The molecule has 168 valence electrons. The number of rotatable bonds is 6. The number of fused-ring (bicyclic) bond motifs is 1. The number of aryl methyl sites for hydroxylation is 1. The molecule has 1 N–H and O–H groups in total. The summed E-state index contributed by atoms with van der Waals surface area (Å²) in [6.45, 7) is 9.86. The van der Waals surface area contributed by atoms with E-state index in [-0.39, 0.29) is 17.1 Å². The molecular formula is C27H33N3O2. The largest absolute Gasteiger partial charge is 0.360 e. The predicted molar refractivity (Wildman–Crippen MR) is 129 cm³/mol. The van der Waals surface area contributed by atoms with Crippen LogP contribution in [0.5, 0.6) is 0 Å². The number of nitrogens with zero attached hydrogens (tertiary/aromatic N) is 2. The standard InChI is InChI=1S/C27H33N3O2/c1-27(2,3)21-11-8-20(9-12-21)10-13-26(32)30-16-14-29(15-17-30)19-25(31)23-18-28-24-7-5-4-6-22(23)24/h4-9,11-12,18,28H,10,13-17,19H2,1-3H3. The molecule has 1 fully saturated rings. The van der Waals surface area contributed by atoms with Crippen LogP contribution in [0, 0.1) is 0 Å². The van der Waals surface area contributed by atoms with Gasteiger partial charge in [-0.2, -0.15) is 0 Å². The zero-order valence-electron chi connectivity index (χ0n) is 19.4. The van der Waals surface area contributed by atoms with E-state index in [0.717, 1.165) is 36.0 Å². The molecule has 0 radical (unpaired) electrons. The molecule has 5 heteroatoms. The van der Waals surface area contributed by atoms with Gasteiger partial charge in [-0.3, -0.25) is 14.5 Å². The van der Waals surface area contributed by atoms with Crippen molar-refractivity contribution in [1.29, 1.82) is 0 Å². The van der Waals surface area contributed by atoms with Crippen molar-refractivity contribution in [3.63, 3.8) is 0 Å². The molecule has 1 aromatic heterocycles. The smallest absolute Gasteiger partial charge is 0.222 e. The molecule has 0 unspecified atom stereocenters. The second-order valence-corrected chi connectivity index (χ2v) is 9.77. The normalized spacial score (nSPS) is 15.3. The van der Waals surface area contributed by atoms with Crippen LogP contribution >= 0.6 is 0 Å². The average Bonchev–Trinajstić information content (AvgIpc) is 3.22. The number of Topliss-reactive ketones (excluding diaryl/α,β-unsaturated/α-hetero) is 1. The lowest BCUT2D eigenvalue weighted by Crippen LogP contribution is -2.49. The first-order chi connectivity index (χ1) is 15.3. The molecule has 0 aliphatic carbocycles. The summed E-state index contributed by atoms with van der Waals surface area (Å²) in [6.07, 6.45) is 3.10. The van der Waals surface area contributed by atoms with Crippen molar-refractivity contribution >= 4 is 22.6 Å². The molecule has 5 nitrogen and oxygen atoms in total. The molecular weight excluding hydrogens is 398 g/mol. The third kappa shape index (κ3) is 5.10. The number of aromatic nitrogens is 1. The quantitative estimate of drug-likeness (QED) is 0.588. The first-order valence-corrected chi connectivity index (χ1v) is 11.5. The van der Waals surface area contributed by atoms with Gasteiger partial charge in [0.1, 0.15) is 0 Å². The second kappa shape index (κ2) is 9.29. The number of hydrogen-bond acceptors (Lipinski definition) is 3. The van der Waals surface area contributed by atoms with Crippen LogP contribution in [0.1, 0.15) is 48.7 Å². The Morgan fingerprint density at radius 1 is 0.938 bits per heavy atom. The minimum atomic E-state index is 0.126. The van der Waals surface area contributed by atoms with Crippen LogP contribution in [-0.4, -0.2) is 59.2 Å². The number of hydrogen-bond donors (Lipinski definition) is 1. The van der Waals surface area contributed by atoms with Gasteiger partial charge in [-0.05, 0) is 29.0 Å². The summed E-state index contributed by atoms with van der Waals surface area (Å²) in [6, 6.07) is 16.5. The van der Waals surface area contributed by atoms with Gasteiger partial charge in [0, 0.05) is 55.3 Å². The van der Waals surface area contributed by atoms with Crippen molar-refractivity contribution in [2.75, 3.05) is 32.7 Å². The van der Waals surface area contributed by atoms with E-state index >= 15 is 0 Å². The summed E-state index contributed by atoms with van der Waals surface area (Å²) in [5.74, 6) is 0.327. The molecule has 1 saturated heterocycles. The van der Waals surface area contributed by atoms with Gasteiger partial charge >= 0.3 is 0 Å². The van der Waals surface area contributed by atoms with Gasteiger partial charge < -0.3 is 9.88 Å². The van der Waals surface area contributed by atoms with Crippen molar-refractivity contribution in [2.45, 2.75) is 39.0 Å². The Labute approximate surface area is 190 Å². The number of benzene rings is 2. The van der Waals surface area contributed by atoms with Gasteiger partial charge in [-0.1, -0.05) is 63.2 Å². The summed E-state index contributed by atoms with van der Waals surface area (Å²) in [4.78, 5) is 32.8. The van der Waals surface area contributed by atoms with Gasteiger partial charge in [0.2, 0.25) is 5.91 Å². The van der Waals surface area contributed by atoms with E-state index in [0.29, 0.717) is 26.1 Å². The lowest BCUT2D eigenvalue weighted by atomic mass is 9.86. The minimum Gasteiger partial charge on any atom is -0.360 e. The van der Waals surface area contributed by atoms with E-state index < -0.39 is 0 Å². The fourth-order valence-corrected chi connectivity index (χ4v) is 4.33. The first kappa shape index (κ1) is 22.3. The Morgan fingerprint density at radius 2 is 1.62 bits per heavy atom. The molecule has 1 amide bonds. The van der Waals surface area contributed by atoms with Crippen LogP contribution in [0.3, 0.4) is 0 Å². The molecule has 0 spiro atoms. The van der Waals surface area contributed by atoms with E-state index in [1.165, 1.54) is 11.1 Å². The Hall–Kier alpha value is -2.92. The van der Waals surface area contributed by atoms with Crippen molar-refractivity contribution in [3.8, 4) is 0 Å². The van der Waals surface area contributed by atoms with Gasteiger partial charge in [0.15, 0.2) is 5.78 Å². The Bertz CT molecular complexity index is 1080. The van der Waals surface area contributed by atoms with E-state index in [4.69, 9.17) is 0 Å². The number of carbonyl (C=O) groups is 2. The molecule has 1 aliphatic heterocycles. The van der Waals surface area contributed by atoms with Gasteiger partial charge in [0.05, 0.1) is 6.54 Å². The molecule has 32 heavy (non-hydrogen) atoms. The summed E-state index contributed by atoms with van der Waals surface area (Å²) in [5.41, 5.74) is 4.39. The summed E-state index contributed by atoms with van der Waals surface area (Å²) < 4.78 is 0. The van der Waals surface area contributed by atoms with Gasteiger partial charge in [-0.15, -0.1) is 0 Å². The SMILES string of the molecule is CC(C)(C)c1ccc(CCC(=O)N2CCN(CC(=O)c3c[nH]c4ccccc34)CC2)cc1. The van der Waals surface area contributed by atoms with E-state index in [9.17, 15) is 9.59 Å². The lowest BCUT2D eigenvalue weighted by Gasteiger charge is -2.34. The lowest BCUT2D eigenvalue weighted by molar-refractivity contribution is -0.132. The molecule has 0 saturated carbocycles. The van der Waals surface area contributed by atoms with Crippen LogP contribution in [0.25, 0.3) is 10.9 Å². The predicted octanol–water partition coefficient (Wildman–Crippen LogP) is 4.43. The Balaban J connectivity index is 1.24. The van der Waals surface area contributed by atoms with Gasteiger partial charge in [-0.25, -0.2) is 0 Å². The maximum atomic E-state index is 12.8. The van der Waals surface area contributed by atoms with Crippen molar-refractivity contribution in [2.24, 2.45) is 0 Å². The summed E-state index contributed by atoms with van der Waals surface area (Å²) >= 11 is 0. The highest BCUT2D eigenvalue weighted by atomic mass is 16.2. The number of H-pyrrole nitrogens is 1. The number of amides is 1. The highest BCUT2D eigenvalue weighted by molar-refractivity contribution is 6.08. The zero-order chi connectivity index (χ0) is 22.7. The van der Waals surface area contributed by atoms with E-state index in [1.807, 2.05) is 29.2 Å².